The molecule has 0 bridgehead atoms. The molecule has 0 aromatic carbocycles. The Hall–Kier alpha value is -0.940. The molecule has 0 radical (unpaired) electrons. The Kier molecular flexibility index (Phi) is 3.33. The molecule has 5 heteroatoms. The van der Waals surface area contributed by atoms with Crippen LogP contribution in [0.25, 0.3) is 0 Å². The fourth-order valence-electron chi connectivity index (χ4n) is 1.73. The van der Waals surface area contributed by atoms with Crippen molar-refractivity contribution >= 4 is 0 Å². The summed E-state index contributed by atoms with van der Waals surface area (Å²) in [5, 5.41) is 3.84. The van der Waals surface area contributed by atoms with Crippen LogP contribution in [0.5, 0.6) is 0 Å². The number of rotatable bonds is 3. The summed E-state index contributed by atoms with van der Waals surface area (Å²) < 4.78 is 10.4. The van der Waals surface area contributed by atoms with E-state index in [0.29, 0.717) is 17.6 Å². The second-order valence-electron chi connectivity index (χ2n) is 4.09. The summed E-state index contributed by atoms with van der Waals surface area (Å²) in [7, 11) is 0. The standard InChI is InChI=1S/C10H17N3O2/c1-7(11)10-12-9(15-13-10)6-8-2-4-14-5-3-8/h7-8H,2-6,11H2,1H3. The van der Waals surface area contributed by atoms with Gasteiger partial charge < -0.3 is 15.0 Å². The van der Waals surface area contributed by atoms with Crippen molar-refractivity contribution in [2.45, 2.75) is 32.2 Å². The smallest absolute Gasteiger partial charge is 0.226 e. The molecule has 1 unspecified atom stereocenters. The molecule has 1 aliphatic heterocycles. The molecule has 0 saturated carbocycles. The van der Waals surface area contributed by atoms with E-state index in [1.807, 2.05) is 6.92 Å². The van der Waals surface area contributed by atoms with Gasteiger partial charge in [0.25, 0.3) is 0 Å². The van der Waals surface area contributed by atoms with E-state index in [2.05, 4.69) is 10.1 Å². The zero-order valence-electron chi connectivity index (χ0n) is 8.98. The number of aromatic nitrogens is 2. The molecular weight excluding hydrogens is 194 g/mol. The predicted octanol–water partition coefficient (Wildman–Crippen LogP) is 1.06. The van der Waals surface area contributed by atoms with Crippen LogP contribution in [0.2, 0.25) is 0 Å². The minimum absolute atomic E-state index is 0.155. The average Bonchev–Trinajstić information content (AvgIpc) is 2.68. The Labute approximate surface area is 89.0 Å². The van der Waals surface area contributed by atoms with Gasteiger partial charge in [0.2, 0.25) is 5.89 Å². The average molecular weight is 211 g/mol. The Morgan fingerprint density at radius 2 is 2.20 bits per heavy atom. The maximum absolute atomic E-state index is 5.66. The second kappa shape index (κ2) is 4.72. The van der Waals surface area contributed by atoms with Crippen molar-refractivity contribution in [3.63, 3.8) is 0 Å². The fraction of sp³-hybridized carbons (Fsp3) is 0.800. The maximum atomic E-state index is 5.66. The van der Waals surface area contributed by atoms with Crippen molar-refractivity contribution in [2.24, 2.45) is 11.7 Å². The third kappa shape index (κ3) is 2.76. The Balaban J connectivity index is 1.91. The monoisotopic (exact) mass is 211 g/mol. The molecule has 1 aromatic heterocycles. The zero-order chi connectivity index (χ0) is 10.7. The van der Waals surface area contributed by atoms with Gasteiger partial charge in [0.1, 0.15) is 0 Å². The Morgan fingerprint density at radius 1 is 1.47 bits per heavy atom. The first-order valence-corrected chi connectivity index (χ1v) is 5.41. The second-order valence-corrected chi connectivity index (χ2v) is 4.09. The van der Waals surface area contributed by atoms with Gasteiger partial charge in [-0.15, -0.1) is 0 Å². The van der Waals surface area contributed by atoms with E-state index < -0.39 is 0 Å². The van der Waals surface area contributed by atoms with Gasteiger partial charge in [-0.3, -0.25) is 0 Å². The van der Waals surface area contributed by atoms with E-state index in [9.17, 15) is 0 Å². The molecule has 84 valence electrons. The van der Waals surface area contributed by atoms with E-state index in [1.54, 1.807) is 0 Å². The van der Waals surface area contributed by atoms with Gasteiger partial charge in [-0.05, 0) is 25.7 Å². The van der Waals surface area contributed by atoms with Gasteiger partial charge in [-0.25, -0.2) is 0 Å². The molecule has 0 amide bonds. The lowest BCUT2D eigenvalue weighted by molar-refractivity contribution is 0.0642. The Morgan fingerprint density at radius 3 is 2.80 bits per heavy atom. The summed E-state index contributed by atoms with van der Waals surface area (Å²) in [6, 6.07) is -0.155. The molecule has 1 saturated heterocycles. The summed E-state index contributed by atoms with van der Waals surface area (Å²) in [6.07, 6.45) is 3.01. The topological polar surface area (TPSA) is 74.2 Å². The van der Waals surface area contributed by atoms with Crippen molar-refractivity contribution in [2.75, 3.05) is 13.2 Å². The number of hydrogen-bond acceptors (Lipinski definition) is 5. The number of nitrogens with two attached hydrogens (primary N) is 1. The van der Waals surface area contributed by atoms with Crippen molar-refractivity contribution in [1.82, 2.24) is 10.1 Å². The van der Waals surface area contributed by atoms with Crippen LogP contribution in [-0.4, -0.2) is 23.4 Å². The van der Waals surface area contributed by atoms with Crippen LogP contribution in [0.15, 0.2) is 4.52 Å². The van der Waals surface area contributed by atoms with Gasteiger partial charge >= 0.3 is 0 Å². The number of nitrogens with zero attached hydrogens (tertiary/aromatic N) is 2. The molecular formula is C10H17N3O2. The van der Waals surface area contributed by atoms with Crippen molar-refractivity contribution in [3.05, 3.63) is 11.7 Å². The highest BCUT2D eigenvalue weighted by molar-refractivity contribution is 4.92. The van der Waals surface area contributed by atoms with Crippen molar-refractivity contribution in [3.8, 4) is 0 Å². The van der Waals surface area contributed by atoms with Crippen LogP contribution in [0.3, 0.4) is 0 Å². The van der Waals surface area contributed by atoms with E-state index in [-0.39, 0.29) is 6.04 Å². The van der Waals surface area contributed by atoms with Crippen LogP contribution in [0.1, 0.15) is 37.5 Å². The molecule has 5 nitrogen and oxygen atoms in total. The molecule has 1 atom stereocenters. The molecule has 0 spiro atoms. The first-order chi connectivity index (χ1) is 7.25. The van der Waals surface area contributed by atoms with Crippen molar-refractivity contribution < 1.29 is 9.26 Å². The minimum Gasteiger partial charge on any atom is -0.381 e. The van der Waals surface area contributed by atoms with E-state index in [4.69, 9.17) is 15.0 Å². The lowest BCUT2D eigenvalue weighted by Crippen LogP contribution is -2.17. The zero-order valence-corrected chi connectivity index (χ0v) is 8.98. The largest absolute Gasteiger partial charge is 0.381 e. The van der Waals surface area contributed by atoms with Crippen LogP contribution in [0.4, 0.5) is 0 Å². The summed E-state index contributed by atoms with van der Waals surface area (Å²) in [6.45, 7) is 3.54. The van der Waals surface area contributed by atoms with Gasteiger partial charge in [0.05, 0.1) is 6.04 Å². The molecule has 2 heterocycles. The molecule has 1 aliphatic rings. The van der Waals surface area contributed by atoms with Crippen molar-refractivity contribution in [1.29, 1.82) is 0 Å². The third-order valence-corrected chi connectivity index (χ3v) is 2.70. The van der Waals surface area contributed by atoms with Gasteiger partial charge in [-0.1, -0.05) is 5.16 Å². The van der Waals surface area contributed by atoms with E-state index >= 15 is 0 Å². The van der Waals surface area contributed by atoms with Crippen LogP contribution < -0.4 is 5.73 Å². The lowest BCUT2D eigenvalue weighted by atomic mass is 9.97. The summed E-state index contributed by atoms with van der Waals surface area (Å²) in [5.41, 5.74) is 5.66. The quantitative estimate of drug-likeness (QED) is 0.809. The van der Waals surface area contributed by atoms with Crippen LogP contribution in [0, 0.1) is 5.92 Å². The van der Waals surface area contributed by atoms with Crippen LogP contribution in [-0.2, 0) is 11.2 Å². The normalized spacial score (nSPS) is 20.4. The summed E-state index contributed by atoms with van der Waals surface area (Å²) in [5.74, 6) is 1.91. The molecule has 0 aliphatic carbocycles. The van der Waals surface area contributed by atoms with Crippen LogP contribution >= 0.6 is 0 Å². The molecule has 1 aromatic rings. The first-order valence-electron chi connectivity index (χ1n) is 5.41. The molecule has 2 rings (SSSR count). The molecule has 2 N–H and O–H groups in total. The van der Waals surface area contributed by atoms with E-state index in [0.717, 1.165) is 32.5 Å². The summed E-state index contributed by atoms with van der Waals surface area (Å²) >= 11 is 0. The first kappa shape index (κ1) is 10.6. The maximum Gasteiger partial charge on any atom is 0.226 e. The SMILES string of the molecule is CC(N)c1noc(CC2CCOCC2)n1. The Bertz CT molecular complexity index is 305. The third-order valence-electron chi connectivity index (χ3n) is 2.70. The van der Waals surface area contributed by atoms with Gasteiger partial charge in [0.15, 0.2) is 5.82 Å². The highest BCUT2D eigenvalue weighted by Gasteiger charge is 2.18. The molecule has 15 heavy (non-hydrogen) atoms. The lowest BCUT2D eigenvalue weighted by Gasteiger charge is -2.19. The highest BCUT2D eigenvalue weighted by Crippen LogP contribution is 2.19. The highest BCUT2D eigenvalue weighted by atomic mass is 16.5. The molecule has 1 fully saturated rings. The minimum atomic E-state index is -0.155. The summed E-state index contributed by atoms with van der Waals surface area (Å²) in [4.78, 5) is 4.26. The van der Waals surface area contributed by atoms with Gasteiger partial charge in [-0.2, -0.15) is 4.98 Å². The predicted molar refractivity (Wildman–Crippen MR) is 54.1 cm³/mol. The number of ether oxygens (including phenoxy) is 1. The fourth-order valence-corrected chi connectivity index (χ4v) is 1.73. The van der Waals surface area contributed by atoms with E-state index in [1.165, 1.54) is 0 Å². The number of hydrogen-bond donors (Lipinski definition) is 1. The van der Waals surface area contributed by atoms with Gasteiger partial charge in [0, 0.05) is 19.6 Å².